The molecule has 0 bridgehead atoms. The van der Waals surface area contributed by atoms with Gasteiger partial charge < -0.3 is 14.5 Å². The molecule has 0 unspecified atom stereocenters. The van der Waals surface area contributed by atoms with Gasteiger partial charge in [-0.2, -0.15) is 0 Å². The van der Waals surface area contributed by atoms with Gasteiger partial charge in [0.15, 0.2) is 0 Å². The van der Waals surface area contributed by atoms with Gasteiger partial charge in [0.25, 0.3) is 0 Å². The molecular formula is C16H20BrNO2. The number of hydrogen-bond acceptors (Lipinski definition) is 3. The van der Waals surface area contributed by atoms with Crippen LogP contribution in [-0.4, -0.2) is 5.54 Å². The molecule has 0 saturated carbocycles. The topological polar surface area (TPSA) is 34.4 Å². The summed E-state index contributed by atoms with van der Waals surface area (Å²) in [6.07, 6.45) is 1.78. The molecule has 20 heavy (non-hydrogen) atoms. The van der Waals surface area contributed by atoms with Crippen LogP contribution in [0.25, 0.3) is 0 Å². The minimum atomic E-state index is 0.101. The van der Waals surface area contributed by atoms with Crippen molar-refractivity contribution in [3.8, 4) is 5.75 Å². The average molecular weight is 338 g/mol. The molecule has 4 heteroatoms. The maximum Gasteiger partial charge on any atom is 0.146 e. The molecule has 0 aliphatic rings. The normalized spacial score (nSPS) is 11.6. The first-order chi connectivity index (χ1) is 9.42. The van der Waals surface area contributed by atoms with Gasteiger partial charge in [0.1, 0.15) is 18.1 Å². The van der Waals surface area contributed by atoms with Crippen LogP contribution in [-0.2, 0) is 13.2 Å². The molecule has 0 saturated heterocycles. The van der Waals surface area contributed by atoms with Crippen LogP contribution in [0.5, 0.6) is 5.75 Å². The van der Waals surface area contributed by atoms with Gasteiger partial charge in [0.05, 0.1) is 6.26 Å². The van der Waals surface area contributed by atoms with E-state index >= 15 is 0 Å². The lowest BCUT2D eigenvalue weighted by molar-refractivity contribution is 0.270. The first-order valence-corrected chi connectivity index (χ1v) is 7.41. The lowest BCUT2D eigenvalue weighted by Crippen LogP contribution is -2.34. The Hall–Kier alpha value is -1.26. The zero-order chi connectivity index (χ0) is 14.6. The molecule has 2 rings (SSSR count). The quantitative estimate of drug-likeness (QED) is 0.871. The third-order valence-corrected chi connectivity index (χ3v) is 3.20. The van der Waals surface area contributed by atoms with Gasteiger partial charge in [-0.1, -0.05) is 22.0 Å². The number of halogens is 1. The number of benzene rings is 1. The van der Waals surface area contributed by atoms with Crippen LogP contribution in [0.15, 0.2) is 45.5 Å². The number of nitrogens with one attached hydrogen (secondary N) is 1. The molecule has 3 nitrogen and oxygen atoms in total. The molecule has 0 amide bonds. The minimum Gasteiger partial charge on any atom is -0.486 e. The molecule has 1 N–H and O–H groups in total. The summed E-state index contributed by atoms with van der Waals surface area (Å²) >= 11 is 3.42. The monoisotopic (exact) mass is 337 g/mol. The molecule has 0 aliphatic carbocycles. The third kappa shape index (κ3) is 5.02. The summed E-state index contributed by atoms with van der Waals surface area (Å²) < 4.78 is 12.2. The zero-order valence-electron chi connectivity index (χ0n) is 12.1. The summed E-state index contributed by atoms with van der Waals surface area (Å²) in [5.74, 6) is 1.65. The molecular weight excluding hydrogens is 318 g/mol. The van der Waals surface area contributed by atoms with E-state index in [4.69, 9.17) is 9.15 Å². The second-order valence-electron chi connectivity index (χ2n) is 5.77. The highest BCUT2D eigenvalue weighted by Gasteiger charge is 2.10. The van der Waals surface area contributed by atoms with Crippen LogP contribution in [0, 0.1) is 0 Å². The molecule has 0 aliphatic heterocycles. The van der Waals surface area contributed by atoms with Gasteiger partial charge in [-0.25, -0.2) is 0 Å². The van der Waals surface area contributed by atoms with E-state index in [9.17, 15) is 0 Å². The number of rotatable bonds is 5. The second-order valence-corrected chi connectivity index (χ2v) is 6.69. The minimum absolute atomic E-state index is 0.101. The fourth-order valence-corrected chi connectivity index (χ4v) is 2.05. The first-order valence-electron chi connectivity index (χ1n) is 6.62. The highest BCUT2D eigenvalue weighted by Crippen LogP contribution is 2.19. The van der Waals surface area contributed by atoms with Crippen LogP contribution in [0.3, 0.4) is 0 Å². The summed E-state index contributed by atoms with van der Waals surface area (Å²) in [4.78, 5) is 0. The van der Waals surface area contributed by atoms with E-state index in [1.165, 1.54) is 0 Å². The average Bonchev–Trinajstić information content (AvgIpc) is 2.81. The number of ether oxygens (including phenoxy) is 1. The summed E-state index contributed by atoms with van der Waals surface area (Å²) in [5.41, 5.74) is 1.23. The Bertz CT molecular complexity index is 558. The Kier molecular flexibility index (Phi) is 4.89. The van der Waals surface area contributed by atoms with Crippen LogP contribution in [0.4, 0.5) is 0 Å². The summed E-state index contributed by atoms with van der Waals surface area (Å²) in [6.45, 7) is 7.66. The summed E-state index contributed by atoms with van der Waals surface area (Å²) in [7, 11) is 0. The Morgan fingerprint density at radius 1 is 1.25 bits per heavy atom. The van der Waals surface area contributed by atoms with E-state index in [1.54, 1.807) is 6.26 Å². The highest BCUT2D eigenvalue weighted by molar-refractivity contribution is 9.10. The Morgan fingerprint density at radius 3 is 2.75 bits per heavy atom. The van der Waals surface area contributed by atoms with Crippen molar-refractivity contribution in [2.75, 3.05) is 0 Å². The van der Waals surface area contributed by atoms with E-state index in [-0.39, 0.29) is 5.54 Å². The number of hydrogen-bond donors (Lipinski definition) is 1. The van der Waals surface area contributed by atoms with Crippen molar-refractivity contribution in [3.05, 3.63) is 52.4 Å². The molecule has 1 aromatic heterocycles. The Morgan fingerprint density at radius 2 is 2.05 bits per heavy atom. The van der Waals surface area contributed by atoms with Gasteiger partial charge in [-0.3, -0.25) is 0 Å². The molecule has 1 aromatic carbocycles. The van der Waals surface area contributed by atoms with Crippen molar-refractivity contribution in [1.29, 1.82) is 0 Å². The van der Waals surface area contributed by atoms with E-state index < -0.39 is 0 Å². The van der Waals surface area contributed by atoms with Crippen LogP contribution in [0.1, 0.15) is 32.1 Å². The van der Waals surface area contributed by atoms with E-state index in [0.29, 0.717) is 6.61 Å². The van der Waals surface area contributed by atoms with Gasteiger partial charge in [-0.15, -0.1) is 0 Å². The molecule has 1 heterocycles. The van der Waals surface area contributed by atoms with Crippen LogP contribution in [0.2, 0.25) is 0 Å². The van der Waals surface area contributed by atoms with Crippen molar-refractivity contribution >= 4 is 15.9 Å². The maximum atomic E-state index is 5.69. The molecule has 0 atom stereocenters. The van der Waals surface area contributed by atoms with Crippen molar-refractivity contribution in [1.82, 2.24) is 5.32 Å². The Labute approximate surface area is 128 Å². The lowest BCUT2D eigenvalue weighted by Gasteiger charge is -2.19. The van der Waals surface area contributed by atoms with Crippen molar-refractivity contribution in [3.63, 3.8) is 0 Å². The van der Waals surface area contributed by atoms with Gasteiger partial charge in [0, 0.05) is 22.1 Å². The Balaban J connectivity index is 1.87. The molecule has 0 spiro atoms. The highest BCUT2D eigenvalue weighted by atomic mass is 79.9. The van der Waals surface area contributed by atoms with Gasteiger partial charge >= 0.3 is 0 Å². The standard InChI is InChI=1S/C16H20BrNO2/c1-16(2,3)18-9-12-7-15(19-10-12)11-20-14-6-4-5-13(17)8-14/h4-8,10,18H,9,11H2,1-3H3. The van der Waals surface area contributed by atoms with Crippen molar-refractivity contribution in [2.24, 2.45) is 0 Å². The zero-order valence-corrected chi connectivity index (χ0v) is 13.7. The largest absolute Gasteiger partial charge is 0.486 e. The summed E-state index contributed by atoms with van der Waals surface area (Å²) in [5, 5.41) is 3.43. The SMILES string of the molecule is CC(C)(C)NCc1coc(COc2cccc(Br)c2)c1. The molecule has 108 valence electrons. The smallest absolute Gasteiger partial charge is 0.146 e. The van der Waals surface area contributed by atoms with E-state index in [2.05, 4.69) is 42.0 Å². The van der Waals surface area contributed by atoms with Gasteiger partial charge in [-0.05, 0) is 45.0 Å². The molecule has 0 fully saturated rings. The molecule has 0 radical (unpaired) electrons. The van der Waals surface area contributed by atoms with Crippen molar-refractivity contribution in [2.45, 2.75) is 39.5 Å². The van der Waals surface area contributed by atoms with Crippen LogP contribution >= 0.6 is 15.9 Å². The predicted molar refractivity (Wildman–Crippen MR) is 83.8 cm³/mol. The fourth-order valence-electron chi connectivity index (χ4n) is 1.67. The molecule has 2 aromatic rings. The predicted octanol–water partition coefficient (Wildman–Crippen LogP) is 4.51. The van der Waals surface area contributed by atoms with E-state index in [1.807, 2.05) is 30.3 Å². The third-order valence-electron chi connectivity index (χ3n) is 2.71. The fraction of sp³-hybridized carbons (Fsp3) is 0.375. The first kappa shape index (κ1) is 15.1. The van der Waals surface area contributed by atoms with Gasteiger partial charge in [0.2, 0.25) is 0 Å². The second kappa shape index (κ2) is 6.46. The lowest BCUT2D eigenvalue weighted by atomic mass is 10.1. The van der Waals surface area contributed by atoms with E-state index in [0.717, 1.165) is 28.1 Å². The summed E-state index contributed by atoms with van der Waals surface area (Å²) in [6, 6.07) is 9.80. The maximum absolute atomic E-state index is 5.69. The van der Waals surface area contributed by atoms with Crippen molar-refractivity contribution < 1.29 is 9.15 Å². The number of furan rings is 1. The van der Waals surface area contributed by atoms with Crippen LogP contribution < -0.4 is 10.1 Å².